The van der Waals surface area contributed by atoms with Crippen molar-refractivity contribution >= 4 is 43.7 Å². The zero-order chi connectivity index (χ0) is 15.2. The molecule has 1 saturated heterocycles. The van der Waals surface area contributed by atoms with Gasteiger partial charge in [-0.1, -0.05) is 0 Å². The van der Waals surface area contributed by atoms with E-state index in [9.17, 15) is 13.2 Å². The van der Waals surface area contributed by atoms with Crippen LogP contribution in [0.1, 0.15) is 11.3 Å². The zero-order valence-corrected chi connectivity index (χ0v) is 13.6. The standard InChI is InChI=1S/C12H13N3O3S3/c1-7-2-3-10(20-7)9-6-19-12(14-9)15-5-8(4-11(15)16)21(13,17)18/h2-3,6,8H,4-5H2,1H3,(H2,13,17,18). The van der Waals surface area contributed by atoms with Crippen molar-refractivity contribution in [3.63, 3.8) is 0 Å². The van der Waals surface area contributed by atoms with Crippen LogP contribution in [0.15, 0.2) is 17.5 Å². The third-order valence-corrected chi connectivity index (χ3v) is 6.40. The number of thiophene rings is 1. The molecule has 1 amide bonds. The number of nitrogens with two attached hydrogens (primary N) is 1. The lowest BCUT2D eigenvalue weighted by atomic mass is 10.4. The van der Waals surface area contributed by atoms with Gasteiger partial charge in [0.25, 0.3) is 0 Å². The zero-order valence-electron chi connectivity index (χ0n) is 11.1. The second-order valence-electron chi connectivity index (χ2n) is 4.85. The van der Waals surface area contributed by atoms with Crippen molar-refractivity contribution in [3.05, 3.63) is 22.4 Å². The highest BCUT2D eigenvalue weighted by molar-refractivity contribution is 7.89. The van der Waals surface area contributed by atoms with Crippen molar-refractivity contribution in [3.8, 4) is 10.6 Å². The van der Waals surface area contributed by atoms with Gasteiger partial charge in [-0.2, -0.15) is 0 Å². The Labute approximate surface area is 130 Å². The minimum Gasteiger partial charge on any atom is -0.287 e. The molecule has 1 atom stereocenters. The molecule has 2 N–H and O–H groups in total. The summed E-state index contributed by atoms with van der Waals surface area (Å²) in [6.45, 7) is 2.09. The van der Waals surface area contributed by atoms with Gasteiger partial charge in [0.2, 0.25) is 15.9 Å². The number of primary sulfonamides is 1. The molecule has 3 rings (SSSR count). The lowest BCUT2D eigenvalue weighted by Crippen LogP contribution is -2.32. The van der Waals surface area contributed by atoms with Crippen LogP contribution in [-0.4, -0.2) is 31.1 Å². The summed E-state index contributed by atoms with van der Waals surface area (Å²) in [5, 5.41) is 6.67. The molecule has 6 nitrogen and oxygen atoms in total. The normalized spacial score (nSPS) is 19.4. The highest BCUT2D eigenvalue weighted by Crippen LogP contribution is 2.33. The number of carbonyl (C=O) groups is 1. The first-order valence-corrected chi connectivity index (χ1v) is 9.49. The minimum absolute atomic E-state index is 0.0775. The number of aryl methyl sites for hydroxylation is 1. The van der Waals surface area contributed by atoms with E-state index in [1.54, 1.807) is 11.3 Å². The Kier molecular flexibility index (Phi) is 3.60. The Morgan fingerprint density at radius 3 is 2.76 bits per heavy atom. The number of hydrogen-bond acceptors (Lipinski definition) is 6. The summed E-state index contributed by atoms with van der Waals surface area (Å²) in [6, 6.07) is 3.99. The van der Waals surface area contributed by atoms with E-state index in [1.165, 1.54) is 21.1 Å². The average Bonchev–Trinajstić information content (AvgIpc) is 3.06. The summed E-state index contributed by atoms with van der Waals surface area (Å²) < 4.78 is 22.7. The van der Waals surface area contributed by atoms with Gasteiger partial charge in [-0.05, 0) is 19.1 Å². The van der Waals surface area contributed by atoms with Crippen LogP contribution in [-0.2, 0) is 14.8 Å². The van der Waals surface area contributed by atoms with Crippen LogP contribution in [0.4, 0.5) is 5.13 Å². The number of thiazole rings is 1. The summed E-state index contributed by atoms with van der Waals surface area (Å²) in [4.78, 5) is 20.0. The van der Waals surface area contributed by atoms with Gasteiger partial charge in [0.05, 0.1) is 10.6 Å². The van der Waals surface area contributed by atoms with E-state index in [1.807, 2.05) is 24.4 Å². The van der Waals surface area contributed by atoms with Crippen LogP contribution in [0, 0.1) is 6.92 Å². The summed E-state index contributed by atoms with van der Waals surface area (Å²) in [5.41, 5.74) is 0.806. The fourth-order valence-corrected chi connectivity index (χ4v) is 4.64. The molecule has 112 valence electrons. The lowest BCUT2D eigenvalue weighted by Gasteiger charge is -2.11. The molecular weight excluding hydrogens is 330 g/mol. The molecule has 0 aliphatic carbocycles. The largest absolute Gasteiger partial charge is 0.287 e. The van der Waals surface area contributed by atoms with Crippen molar-refractivity contribution < 1.29 is 13.2 Å². The van der Waals surface area contributed by atoms with Gasteiger partial charge in [-0.15, -0.1) is 22.7 Å². The number of amides is 1. The van der Waals surface area contributed by atoms with E-state index in [0.29, 0.717) is 5.13 Å². The first-order valence-electron chi connectivity index (χ1n) is 6.19. The van der Waals surface area contributed by atoms with Crippen LogP contribution < -0.4 is 10.0 Å². The van der Waals surface area contributed by atoms with Gasteiger partial charge in [0.15, 0.2) is 5.13 Å². The SMILES string of the molecule is Cc1ccc(-c2csc(N3CC(S(N)(=O)=O)CC3=O)n2)s1. The smallest absolute Gasteiger partial charge is 0.230 e. The van der Waals surface area contributed by atoms with Crippen LogP contribution in [0.2, 0.25) is 0 Å². The molecule has 2 aromatic rings. The fraction of sp³-hybridized carbons (Fsp3) is 0.333. The van der Waals surface area contributed by atoms with E-state index >= 15 is 0 Å². The van der Waals surface area contributed by atoms with Gasteiger partial charge >= 0.3 is 0 Å². The Morgan fingerprint density at radius 2 is 2.19 bits per heavy atom. The van der Waals surface area contributed by atoms with E-state index in [2.05, 4.69) is 4.98 Å². The van der Waals surface area contributed by atoms with Crippen molar-refractivity contribution in [2.45, 2.75) is 18.6 Å². The maximum absolute atomic E-state index is 12.0. The summed E-state index contributed by atoms with van der Waals surface area (Å²) >= 11 is 2.96. The quantitative estimate of drug-likeness (QED) is 0.915. The molecular formula is C12H13N3O3S3. The minimum atomic E-state index is -3.70. The van der Waals surface area contributed by atoms with Crippen molar-refractivity contribution in [1.82, 2.24) is 4.98 Å². The third kappa shape index (κ3) is 2.86. The van der Waals surface area contributed by atoms with E-state index < -0.39 is 15.3 Å². The molecule has 0 saturated carbocycles. The molecule has 1 aliphatic rings. The predicted octanol–water partition coefficient (Wildman–Crippen LogP) is 1.57. The molecule has 1 fully saturated rings. The first-order chi connectivity index (χ1) is 9.84. The molecule has 2 aromatic heterocycles. The second kappa shape index (κ2) is 5.16. The monoisotopic (exact) mass is 343 g/mol. The Bertz CT molecular complexity index is 794. The predicted molar refractivity (Wildman–Crippen MR) is 84.0 cm³/mol. The molecule has 9 heteroatoms. The fourth-order valence-electron chi connectivity index (χ4n) is 2.15. The molecule has 0 bridgehead atoms. The Morgan fingerprint density at radius 1 is 1.43 bits per heavy atom. The molecule has 21 heavy (non-hydrogen) atoms. The van der Waals surface area contributed by atoms with Crippen molar-refractivity contribution in [2.75, 3.05) is 11.4 Å². The van der Waals surface area contributed by atoms with Gasteiger partial charge in [-0.25, -0.2) is 18.5 Å². The number of rotatable bonds is 3. The molecule has 0 radical (unpaired) electrons. The van der Waals surface area contributed by atoms with Gasteiger partial charge in [0, 0.05) is 23.2 Å². The number of sulfonamides is 1. The lowest BCUT2D eigenvalue weighted by molar-refractivity contribution is -0.117. The summed E-state index contributed by atoms with van der Waals surface area (Å²) in [6.07, 6.45) is -0.0775. The molecule has 3 heterocycles. The highest BCUT2D eigenvalue weighted by atomic mass is 32.2. The van der Waals surface area contributed by atoms with Crippen molar-refractivity contribution in [2.24, 2.45) is 5.14 Å². The number of carbonyl (C=O) groups excluding carboxylic acids is 1. The topological polar surface area (TPSA) is 93.4 Å². The van der Waals surface area contributed by atoms with Crippen LogP contribution in [0.25, 0.3) is 10.6 Å². The first kappa shape index (κ1) is 14.6. The highest BCUT2D eigenvalue weighted by Gasteiger charge is 2.38. The molecule has 1 unspecified atom stereocenters. The van der Waals surface area contributed by atoms with Crippen LogP contribution in [0.5, 0.6) is 0 Å². The number of anilines is 1. The van der Waals surface area contributed by atoms with Gasteiger partial charge in [-0.3, -0.25) is 9.69 Å². The molecule has 1 aliphatic heterocycles. The van der Waals surface area contributed by atoms with Crippen molar-refractivity contribution in [1.29, 1.82) is 0 Å². The summed E-state index contributed by atoms with van der Waals surface area (Å²) in [5.74, 6) is -0.253. The number of nitrogens with zero attached hydrogens (tertiary/aromatic N) is 2. The second-order valence-corrected chi connectivity index (χ2v) is 8.81. The van der Waals surface area contributed by atoms with Crippen LogP contribution in [0.3, 0.4) is 0 Å². The third-order valence-electron chi connectivity index (χ3n) is 3.27. The molecule has 0 aromatic carbocycles. The Balaban J connectivity index is 1.85. The van der Waals surface area contributed by atoms with Crippen LogP contribution >= 0.6 is 22.7 Å². The Hall–Kier alpha value is -1.29. The summed E-state index contributed by atoms with van der Waals surface area (Å²) in [7, 11) is -3.70. The number of hydrogen-bond donors (Lipinski definition) is 1. The number of aromatic nitrogens is 1. The average molecular weight is 343 g/mol. The van der Waals surface area contributed by atoms with Gasteiger partial charge in [0.1, 0.15) is 5.25 Å². The van der Waals surface area contributed by atoms with E-state index in [4.69, 9.17) is 5.14 Å². The van der Waals surface area contributed by atoms with Gasteiger partial charge < -0.3 is 0 Å². The van der Waals surface area contributed by atoms with E-state index in [0.717, 1.165) is 10.6 Å². The molecule has 0 spiro atoms. The maximum Gasteiger partial charge on any atom is 0.230 e. The van der Waals surface area contributed by atoms with E-state index in [-0.39, 0.29) is 18.9 Å². The maximum atomic E-state index is 12.0.